The van der Waals surface area contributed by atoms with Gasteiger partial charge in [-0.25, -0.2) is 10.8 Å². The summed E-state index contributed by atoms with van der Waals surface area (Å²) in [6.07, 6.45) is 3.82. The van der Waals surface area contributed by atoms with Crippen molar-refractivity contribution in [3.05, 3.63) is 53.6 Å². The Labute approximate surface area is 125 Å². The Kier molecular flexibility index (Phi) is 4.75. The number of hydrazine groups is 1. The predicted molar refractivity (Wildman–Crippen MR) is 82.6 cm³/mol. The Bertz CT molecular complexity index is 601. The van der Waals surface area contributed by atoms with Crippen LogP contribution in [0.5, 0.6) is 0 Å². The highest BCUT2D eigenvalue weighted by Crippen LogP contribution is 2.18. The van der Waals surface area contributed by atoms with Crippen LogP contribution in [0, 0.1) is 0 Å². The lowest BCUT2D eigenvalue weighted by atomic mass is 9.99. The van der Waals surface area contributed by atoms with Gasteiger partial charge in [-0.2, -0.15) is 0 Å². The van der Waals surface area contributed by atoms with Crippen LogP contribution in [0.1, 0.15) is 49.6 Å². The number of carbonyl (C=O) groups excluding carboxylic acids is 1. The van der Waals surface area contributed by atoms with E-state index in [2.05, 4.69) is 28.8 Å². The van der Waals surface area contributed by atoms with E-state index in [1.54, 1.807) is 0 Å². The molecule has 1 aromatic carbocycles. The summed E-state index contributed by atoms with van der Waals surface area (Å²) in [5.41, 5.74) is 4.32. The van der Waals surface area contributed by atoms with Crippen molar-refractivity contribution in [3.8, 4) is 0 Å². The molecule has 5 heteroatoms. The average Bonchev–Trinajstić information content (AvgIpc) is 2.95. The normalized spacial score (nSPS) is 12.4. The highest BCUT2D eigenvalue weighted by atomic mass is 16.2. The number of carbonyl (C=O) groups is 1. The molecule has 1 atom stereocenters. The summed E-state index contributed by atoms with van der Waals surface area (Å²) in [5.74, 6) is 6.21. The van der Waals surface area contributed by atoms with Crippen molar-refractivity contribution in [2.45, 2.75) is 39.2 Å². The molecule has 0 fully saturated rings. The molecule has 1 heterocycles. The summed E-state index contributed by atoms with van der Waals surface area (Å²) in [4.78, 5) is 15.9. The Morgan fingerprint density at radius 2 is 1.95 bits per heavy atom. The zero-order valence-corrected chi connectivity index (χ0v) is 12.7. The van der Waals surface area contributed by atoms with Crippen molar-refractivity contribution < 1.29 is 4.79 Å². The van der Waals surface area contributed by atoms with Gasteiger partial charge in [-0.05, 0) is 18.1 Å². The average molecular weight is 286 g/mol. The van der Waals surface area contributed by atoms with Gasteiger partial charge in [0.05, 0.1) is 5.92 Å². The molecule has 2 aromatic rings. The second-order valence-corrected chi connectivity index (χ2v) is 5.54. The minimum Gasteiger partial charge on any atom is -0.330 e. The Hall–Kier alpha value is -2.14. The van der Waals surface area contributed by atoms with E-state index < -0.39 is 0 Å². The molecule has 112 valence electrons. The Balaban J connectivity index is 2.12. The fraction of sp³-hybridized carbons (Fsp3) is 0.375. The molecule has 0 saturated heterocycles. The Morgan fingerprint density at radius 1 is 1.29 bits per heavy atom. The van der Waals surface area contributed by atoms with Gasteiger partial charge in [-0.1, -0.05) is 38.1 Å². The molecule has 21 heavy (non-hydrogen) atoms. The molecule has 3 N–H and O–H groups in total. The molecular weight excluding hydrogens is 264 g/mol. The van der Waals surface area contributed by atoms with Crippen LogP contribution in [0.4, 0.5) is 0 Å². The van der Waals surface area contributed by atoms with E-state index in [1.807, 2.05) is 43.6 Å². The summed E-state index contributed by atoms with van der Waals surface area (Å²) in [5, 5.41) is 0. The van der Waals surface area contributed by atoms with E-state index in [0.717, 1.165) is 17.9 Å². The molecule has 1 aromatic heterocycles. The van der Waals surface area contributed by atoms with E-state index in [4.69, 9.17) is 5.84 Å². The Morgan fingerprint density at radius 3 is 2.52 bits per heavy atom. The van der Waals surface area contributed by atoms with Gasteiger partial charge in [-0.3, -0.25) is 10.2 Å². The van der Waals surface area contributed by atoms with Crippen LogP contribution >= 0.6 is 0 Å². The van der Waals surface area contributed by atoms with E-state index >= 15 is 0 Å². The van der Waals surface area contributed by atoms with Crippen LogP contribution < -0.4 is 11.3 Å². The second-order valence-electron chi connectivity index (χ2n) is 5.54. The number of nitrogens with two attached hydrogens (primary N) is 1. The van der Waals surface area contributed by atoms with Crippen molar-refractivity contribution in [1.29, 1.82) is 0 Å². The second kappa shape index (κ2) is 6.54. The van der Waals surface area contributed by atoms with Crippen molar-refractivity contribution in [2.24, 2.45) is 5.84 Å². The fourth-order valence-electron chi connectivity index (χ4n) is 2.34. The number of nitrogens with one attached hydrogen (secondary N) is 1. The van der Waals surface area contributed by atoms with E-state index in [0.29, 0.717) is 5.92 Å². The number of hydrogen-bond donors (Lipinski definition) is 2. The van der Waals surface area contributed by atoms with Crippen molar-refractivity contribution in [3.63, 3.8) is 0 Å². The van der Waals surface area contributed by atoms with Crippen LogP contribution in [0.15, 0.2) is 36.7 Å². The standard InChI is InChI=1S/C16H22N4O/c1-11(2)15-18-8-9-20(15)10-13-4-6-14(7-5-13)12(3)16(21)19-17/h4-9,11-12H,10,17H2,1-3H3,(H,19,21). The first-order chi connectivity index (χ1) is 10.0. The number of nitrogens with zero attached hydrogens (tertiary/aromatic N) is 2. The van der Waals surface area contributed by atoms with Gasteiger partial charge in [0, 0.05) is 24.9 Å². The third kappa shape index (κ3) is 3.49. The van der Waals surface area contributed by atoms with E-state index in [1.165, 1.54) is 5.56 Å². The summed E-state index contributed by atoms with van der Waals surface area (Å²) in [7, 11) is 0. The molecule has 0 aliphatic carbocycles. The van der Waals surface area contributed by atoms with Crippen LogP contribution in [0.25, 0.3) is 0 Å². The van der Waals surface area contributed by atoms with Crippen LogP contribution in [-0.4, -0.2) is 15.5 Å². The number of hydrogen-bond acceptors (Lipinski definition) is 3. The molecule has 1 unspecified atom stereocenters. The minimum absolute atomic E-state index is 0.181. The lowest BCUT2D eigenvalue weighted by Gasteiger charge is -2.13. The highest BCUT2D eigenvalue weighted by molar-refractivity contribution is 5.82. The zero-order chi connectivity index (χ0) is 15.4. The first kappa shape index (κ1) is 15.3. The van der Waals surface area contributed by atoms with Crippen molar-refractivity contribution in [2.75, 3.05) is 0 Å². The molecule has 0 aliphatic rings. The maximum atomic E-state index is 11.5. The van der Waals surface area contributed by atoms with Gasteiger partial charge in [0.1, 0.15) is 5.82 Å². The van der Waals surface area contributed by atoms with Crippen LogP contribution in [0.3, 0.4) is 0 Å². The van der Waals surface area contributed by atoms with Gasteiger partial charge >= 0.3 is 0 Å². The SMILES string of the molecule is CC(C)c1nccn1Cc1ccc(C(C)C(=O)NN)cc1. The monoisotopic (exact) mass is 286 g/mol. The fourth-order valence-corrected chi connectivity index (χ4v) is 2.34. The number of rotatable bonds is 5. The maximum Gasteiger partial charge on any atom is 0.241 e. The molecule has 0 aliphatic heterocycles. The van der Waals surface area contributed by atoms with E-state index in [-0.39, 0.29) is 11.8 Å². The number of benzene rings is 1. The quantitative estimate of drug-likeness (QED) is 0.502. The van der Waals surface area contributed by atoms with Crippen molar-refractivity contribution >= 4 is 5.91 Å². The minimum atomic E-state index is -0.247. The first-order valence-corrected chi connectivity index (χ1v) is 7.13. The summed E-state index contributed by atoms with van der Waals surface area (Å²) < 4.78 is 2.15. The predicted octanol–water partition coefficient (Wildman–Crippen LogP) is 2.15. The zero-order valence-electron chi connectivity index (χ0n) is 12.7. The molecule has 1 amide bonds. The number of imidazole rings is 1. The highest BCUT2D eigenvalue weighted by Gasteiger charge is 2.13. The summed E-state index contributed by atoms with van der Waals surface area (Å²) >= 11 is 0. The largest absolute Gasteiger partial charge is 0.330 e. The van der Waals surface area contributed by atoms with Gasteiger partial charge < -0.3 is 4.57 Å². The third-order valence-electron chi connectivity index (χ3n) is 3.63. The first-order valence-electron chi connectivity index (χ1n) is 7.13. The topological polar surface area (TPSA) is 72.9 Å². The molecule has 0 bridgehead atoms. The molecular formula is C16H22N4O. The maximum absolute atomic E-state index is 11.5. The van der Waals surface area contributed by atoms with E-state index in [9.17, 15) is 4.79 Å². The van der Waals surface area contributed by atoms with Gasteiger partial charge in [-0.15, -0.1) is 0 Å². The summed E-state index contributed by atoms with van der Waals surface area (Å²) in [6.45, 7) is 6.89. The third-order valence-corrected chi connectivity index (χ3v) is 3.63. The molecule has 0 radical (unpaired) electrons. The smallest absolute Gasteiger partial charge is 0.241 e. The van der Waals surface area contributed by atoms with Gasteiger partial charge in [0.15, 0.2) is 0 Å². The molecule has 2 rings (SSSR count). The van der Waals surface area contributed by atoms with Gasteiger partial charge in [0.2, 0.25) is 5.91 Å². The number of amides is 1. The van der Waals surface area contributed by atoms with Crippen molar-refractivity contribution in [1.82, 2.24) is 15.0 Å². The lowest BCUT2D eigenvalue weighted by Crippen LogP contribution is -2.33. The van der Waals surface area contributed by atoms with Crippen LogP contribution in [0.2, 0.25) is 0 Å². The molecule has 5 nitrogen and oxygen atoms in total. The van der Waals surface area contributed by atoms with Gasteiger partial charge in [0.25, 0.3) is 0 Å². The number of aromatic nitrogens is 2. The molecule has 0 saturated carbocycles. The molecule has 0 spiro atoms. The lowest BCUT2D eigenvalue weighted by molar-refractivity contribution is -0.122. The summed E-state index contributed by atoms with van der Waals surface area (Å²) in [6, 6.07) is 8.03. The van der Waals surface area contributed by atoms with Crippen LogP contribution in [-0.2, 0) is 11.3 Å².